The molecule has 0 saturated heterocycles. The van der Waals surface area contributed by atoms with Crippen LogP contribution in [0.4, 0.5) is 4.39 Å². The van der Waals surface area contributed by atoms with Gasteiger partial charge in [0.15, 0.2) is 0 Å². The zero-order valence-corrected chi connectivity index (χ0v) is 12.1. The van der Waals surface area contributed by atoms with Crippen molar-refractivity contribution in [1.29, 1.82) is 0 Å². The molecule has 0 aliphatic heterocycles. The van der Waals surface area contributed by atoms with Crippen molar-refractivity contribution >= 4 is 11.6 Å². The standard InChI is InChI=1S/C14H21ClFNO/c1-9(2)14(18-4)13(17-3)8-10-7-11(16)5-6-12(10)15/h5-7,9,13-14,17H,8H2,1-4H3. The summed E-state index contributed by atoms with van der Waals surface area (Å²) in [6.45, 7) is 4.21. The smallest absolute Gasteiger partial charge is 0.123 e. The van der Waals surface area contributed by atoms with Crippen LogP contribution in [0.5, 0.6) is 0 Å². The number of likely N-dealkylation sites (N-methyl/N-ethyl adjacent to an activating group) is 1. The molecule has 18 heavy (non-hydrogen) atoms. The van der Waals surface area contributed by atoms with Gasteiger partial charge >= 0.3 is 0 Å². The Morgan fingerprint density at radius 3 is 2.56 bits per heavy atom. The molecule has 0 radical (unpaired) electrons. The molecular formula is C14H21ClFNO. The van der Waals surface area contributed by atoms with Gasteiger partial charge in [0.25, 0.3) is 0 Å². The summed E-state index contributed by atoms with van der Waals surface area (Å²) in [5.74, 6) is 0.113. The molecule has 1 rings (SSSR count). The van der Waals surface area contributed by atoms with Crippen LogP contribution in [0.15, 0.2) is 18.2 Å². The summed E-state index contributed by atoms with van der Waals surface area (Å²) < 4.78 is 18.7. The molecule has 1 aromatic carbocycles. The van der Waals surface area contributed by atoms with Gasteiger partial charge in [0.2, 0.25) is 0 Å². The third kappa shape index (κ3) is 3.94. The third-order valence-corrected chi connectivity index (χ3v) is 3.51. The minimum absolute atomic E-state index is 0.0642. The summed E-state index contributed by atoms with van der Waals surface area (Å²) in [4.78, 5) is 0. The zero-order valence-electron chi connectivity index (χ0n) is 11.3. The Balaban J connectivity index is 2.88. The molecule has 102 valence electrons. The van der Waals surface area contributed by atoms with Crippen LogP contribution < -0.4 is 5.32 Å². The van der Waals surface area contributed by atoms with Crippen molar-refractivity contribution in [3.63, 3.8) is 0 Å². The number of hydrogen-bond acceptors (Lipinski definition) is 2. The summed E-state index contributed by atoms with van der Waals surface area (Å²) in [5, 5.41) is 3.82. The Morgan fingerprint density at radius 1 is 1.39 bits per heavy atom. The molecular weight excluding hydrogens is 253 g/mol. The van der Waals surface area contributed by atoms with Crippen LogP contribution in [0.25, 0.3) is 0 Å². The van der Waals surface area contributed by atoms with Gasteiger partial charge in [-0.1, -0.05) is 25.4 Å². The van der Waals surface area contributed by atoms with Crippen LogP contribution >= 0.6 is 11.6 Å². The zero-order chi connectivity index (χ0) is 13.7. The van der Waals surface area contributed by atoms with E-state index < -0.39 is 0 Å². The lowest BCUT2D eigenvalue weighted by Crippen LogP contribution is -2.43. The molecule has 0 bridgehead atoms. The van der Waals surface area contributed by atoms with Gasteiger partial charge in [-0.05, 0) is 43.1 Å². The predicted molar refractivity (Wildman–Crippen MR) is 73.6 cm³/mol. The van der Waals surface area contributed by atoms with Crippen LogP contribution in [0.1, 0.15) is 19.4 Å². The summed E-state index contributed by atoms with van der Waals surface area (Å²) in [6, 6.07) is 4.56. The molecule has 0 heterocycles. The highest BCUT2D eigenvalue weighted by Gasteiger charge is 2.24. The second-order valence-corrected chi connectivity index (χ2v) is 5.19. The van der Waals surface area contributed by atoms with E-state index in [1.54, 1.807) is 13.2 Å². The Bertz CT molecular complexity index is 384. The van der Waals surface area contributed by atoms with Crippen LogP contribution in [0.3, 0.4) is 0 Å². The molecule has 0 amide bonds. The lowest BCUT2D eigenvalue weighted by Gasteiger charge is -2.29. The normalized spacial score (nSPS) is 14.8. The van der Waals surface area contributed by atoms with E-state index in [0.29, 0.717) is 17.4 Å². The number of ether oxygens (including phenoxy) is 1. The van der Waals surface area contributed by atoms with Crippen molar-refractivity contribution in [2.75, 3.05) is 14.2 Å². The van der Waals surface area contributed by atoms with Gasteiger partial charge in [-0.25, -0.2) is 4.39 Å². The van der Waals surface area contributed by atoms with Crippen molar-refractivity contribution in [2.45, 2.75) is 32.4 Å². The van der Waals surface area contributed by atoms with E-state index in [-0.39, 0.29) is 18.0 Å². The highest BCUT2D eigenvalue weighted by molar-refractivity contribution is 6.31. The van der Waals surface area contributed by atoms with Crippen molar-refractivity contribution in [3.8, 4) is 0 Å². The number of halogens is 2. The van der Waals surface area contributed by atoms with Gasteiger partial charge in [-0.15, -0.1) is 0 Å². The molecule has 1 aromatic rings. The monoisotopic (exact) mass is 273 g/mol. The van der Waals surface area contributed by atoms with Crippen LogP contribution in [-0.4, -0.2) is 26.3 Å². The summed E-state index contributed by atoms with van der Waals surface area (Å²) >= 11 is 6.09. The molecule has 0 aromatic heterocycles. The predicted octanol–water partition coefficient (Wildman–Crippen LogP) is 3.28. The SMILES string of the molecule is CNC(Cc1cc(F)ccc1Cl)C(OC)C(C)C. The van der Waals surface area contributed by atoms with E-state index in [1.807, 2.05) is 7.05 Å². The molecule has 0 aliphatic carbocycles. The quantitative estimate of drug-likeness (QED) is 0.859. The number of hydrogen-bond donors (Lipinski definition) is 1. The number of nitrogens with one attached hydrogen (secondary N) is 1. The summed E-state index contributed by atoms with van der Waals surface area (Å²) in [6.07, 6.45) is 0.707. The molecule has 0 spiro atoms. The van der Waals surface area contributed by atoms with Crippen molar-refractivity contribution in [3.05, 3.63) is 34.6 Å². The number of benzene rings is 1. The van der Waals surface area contributed by atoms with Gasteiger partial charge < -0.3 is 10.1 Å². The Kier molecular flexibility index (Phi) is 6.06. The lowest BCUT2D eigenvalue weighted by molar-refractivity contribution is 0.0354. The van der Waals surface area contributed by atoms with Crippen LogP contribution in [0, 0.1) is 11.7 Å². The van der Waals surface area contributed by atoms with Crippen molar-refractivity contribution in [2.24, 2.45) is 5.92 Å². The first-order valence-corrected chi connectivity index (χ1v) is 6.51. The van der Waals surface area contributed by atoms with Crippen LogP contribution in [-0.2, 0) is 11.2 Å². The average molecular weight is 274 g/mol. The highest BCUT2D eigenvalue weighted by Crippen LogP contribution is 2.21. The first kappa shape index (κ1) is 15.4. The van der Waals surface area contributed by atoms with Crippen molar-refractivity contribution in [1.82, 2.24) is 5.32 Å². The first-order valence-electron chi connectivity index (χ1n) is 6.13. The number of rotatable bonds is 6. The highest BCUT2D eigenvalue weighted by atomic mass is 35.5. The largest absolute Gasteiger partial charge is 0.380 e. The maximum absolute atomic E-state index is 13.2. The molecule has 4 heteroatoms. The van der Waals surface area contributed by atoms with Crippen LogP contribution in [0.2, 0.25) is 5.02 Å². The van der Waals surface area contributed by atoms with Gasteiger partial charge in [0.1, 0.15) is 5.82 Å². The van der Waals surface area contributed by atoms with E-state index >= 15 is 0 Å². The summed E-state index contributed by atoms with van der Waals surface area (Å²) in [5.41, 5.74) is 0.804. The van der Waals surface area contributed by atoms with Crippen molar-refractivity contribution < 1.29 is 9.13 Å². The van der Waals surface area contributed by atoms with E-state index in [1.165, 1.54) is 12.1 Å². The Morgan fingerprint density at radius 2 is 2.06 bits per heavy atom. The Labute approximate surface area is 113 Å². The molecule has 2 nitrogen and oxygen atoms in total. The topological polar surface area (TPSA) is 21.3 Å². The molecule has 1 N–H and O–H groups in total. The lowest BCUT2D eigenvalue weighted by atomic mass is 9.94. The third-order valence-electron chi connectivity index (χ3n) is 3.14. The molecule has 0 aliphatic rings. The van der Waals surface area contributed by atoms with Gasteiger partial charge in [0.05, 0.1) is 6.10 Å². The summed E-state index contributed by atoms with van der Waals surface area (Å²) in [7, 11) is 3.58. The fraction of sp³-hybridized carbons (Fsp3) is 0.571. The molecule has 0 fully saturated rings. The minimum Gasteiger partial charge on any atom is -0.380 e. The second-order valence-electron chi connectivity index (χ2n) is 4.78. The minimum atomic E-state index is -0.261. The first-order chi connectivity index (χ1) is 8.49. The van der Waals surface area contributed by atoms with Gasteiger partial charge in [-0.3, -0.25) is 0 Å². The Hall–Kier alpha value is -0.640. The van der Waals surface area contributed by atoms with E-state index in [2.05, 4.69) is 19.2 Å². The second kappa shape index (κ2) is 7.07. The molecule has 2 atom stereocenters. The maximum Gasteiger partial charge on any atom is 0.123 e. The van der Waals surface area contributed by atoms with E-state index in [9.17, 15) is 4.39 Å². The fourth-order valence-corrected chi connectivity index (χ4v) is 2.41. The molecule has 0 saturated carbocycles. The maximum atomic E-state index is 13.2. The average Bonchev–Trinajstić information content (AvgIpc) is 2.32. The van der Waals surface area contributed by atoms with Gasteiger partial charge in [0, 0.05) is 18.2 Å². The molecule has 2 unspecified atom stereocenters. The fourth-order valence-electron chi connectivity index (χ4n) is 2.22. The number of methoxy groups -OCH3 is 1. The van der Waals surface area contributed by atoms with E-state index in [0.717, 1.165) is 5.56 Å². The van der Waals surface area contributed by atoms with Gasteiger partial charge in [-0.2, -0.15) is 0 Å². The van der Waals surface area contributed by atoms with E-state index in [4.69, 9.17) is 16.3 Å².